The molecule has 3 rings (SSSR count). The number of rotatable bonds is 2. The molecule has 110 valence electrons. The zero-order chi connectivity index (χ0) is 15.7. The Morgan fingerprint density at radius 1 is 1.18 bits per heavy atom. The molecule has 1 fully saturated rings. The Morgan fingerprint density at radius 2 is 1.95 bits per heavy atom. The summed E-state index contributed by atoms with van der Waals surface area (Å²) in [6.45, 7) is 0. The van der Waals surface area contributed by atoms with Crippen molar-refractivity contribution >= 4 is 61.9 Å². The summed E-state index contributed by atoms with van der Waals surface area (Å²) in [5, 5.41) is 0. The van der Waals surface area contributed by atoms with Crippen molar-refractivity contribution in [3.63, 3.8) is 0 Å². The molecule has 1 saturated heterocycles. The minimum absolute atomic E-state index is 0.239. The van der Waals surface area contributed by atoms with Crippen molar-refractivity contribution in [3.8, 4) is 0 Å². The quantitative estimate of drug-likeness (QED) is 0.529. The van der Waals surface area contributed by atoms with Crippen LogP contribution in [0.1, 0.15) is 5.56 Å². The number of halogens is 2. The summed E-state index contributed by atoms with van der Waals surface area (Å²) in [4.78, 5) is 14.4. The van der Waals surface area contributed by atoms with Gasteiger partial charge >= 0.3 is 0 Å². The second kappa shape index (κ2) is 6.32. The summed E-state index contributed by atoms with van der Waals surface area (Å²) in [6, 6.07) is 13.4. The fourth-order valence-corrected chi connectivity index (χ4v) is 3.73. The van der Waals surface area contributed by atoms with Crippen LogP contribution < -0.4 is 4.90 Å². The Kier molecular flexibility index (Phi) is 4.42. The third-order valence-electron chi connectivity index (χ3n) is 3.05. The number of carbonyl (C=O) groups excluding carboxylic acids is 1. The molecule has 1 heterocycles. The van der Waals surface area contributed by atoms with E-state index in [-0.39, 0.29) is 5.91 Å². The molecule has 0 aliphatic carbocycles. The van der Waals surface area contributed by atoms with Gasteiger partial charge in [-0.3, -0.25) is 9.69 Å². The molecule has 1 aliphatic rings. The van der Waals surface area contributed by atoms with Crippen LogP contribution in [0.4, 0.5) is 10.1 Å². The number of nitrogens with zero attached hydrogens (tertiary/aromatic N) is 1. The van der Waals surface area contributed by atoms with Gasteiger partial charge in [0.05, 0.1) is 10.6 Å². The molecular formula is C16H9BrFNOS2. The normalized spacial score (nSPS) is 16.6. The van der Waals surface area contributed by atoms with E-state index in [0.29, 0.717) is 14.9 Å². The smallest absolute Gasteiger partial charge is 0.268 e. The predicted octanol–water partition coefficient (Wildman–Crippen LogP) is 4.99. The van der Waals surface area contributed by atoms with Crippen LogP contribution >= 0.6 is 39.9 Å². The van der Waals surface area contributed by atoms with Crippen molar-refractivity contribution in [3.05, 3.63) is 69.3 Å². The van der Waals surface area contributed by atoms with Crippen molar-refractivity contribution in [1.82, 2.24) is 0 Å². The summed E-state index contributed by atoms with van der Waals surface area (Å²) in [5.41, 5.74) is 1.33. The monoisotopic (exact) mass is 393 g/mol. The highest BCUT2D eigenvalue weighted by Gasteiger charge is 2.33. The van der Waals surface area contributed by atoms with E-state index in [4.69, 9.17) is 12.2 Å². The van der Waals surface area contributed by atoms with Crippen LogP contribution in [0, 0.1) is 5.82 Å². The van der Waals surface area contributed by atoms with Gasteiger partial charge in [0.1, 0.15) is 5.82 Å². The zero-order valence-electron chi connectivity index (χ0n) is 11.1. The van der Waals surface area contributed by atoms with Crippen molar-refractivity contribution in [2.75, 3.05) is 4.90 Å². The fourth-order valence-electron chi connectivity index (χ4n) is 2.04. The molecule has 1 amide bonds. The lowest BCUT2D eigenvalue weighted by Crippen LogP contribution is -2.27. The van der Waals surface area contributed by atoms with Gasteiger partial charge < -0.3 is 0 Å². The summed E-state index contributed by atoms with van der Waals surface area (Å²) in [7, 11) is 0. The predicted molar refractivity (Wildman–Crippen MR) is 96.2 cm³/mol. The fraction of sp³-hybridized carbons (Fsp3) is 0. The van der Waals surface area contributed by atoms with E-state index in [1.54, 1.807) is 18.2 Å². The molecule has 6 heteroatoms. The van der Waals surface area contributed by atoms with Gasteiger partial charge in [-0.05, 0) is 35.9 Å². The molecule has 2 aromatic rings. The molecule has 0 unspecified atom stereocenters. The standard InChI is InChI=1S/C16H9BrFNOS2/c17-13-7-2-1-4-10(13)8-14-15(20)19(16(21)22-14)12-6-3-5-11(18)9-12/h1-9H/b14-8-. The number of benzene rings is 2. The summed E-state index contributed by atoms with van der Waals surface area (Å²) >= 11 is 9.92. The Hall–Kier alpha value is -1.50. The number of thiocarbonyl (C=S) groups is 1. The lowest BCUT2D eigenvalue weighted by Gasteiger charge is -2.14. The summed E-state index contributed by atoms with van der Waals surface area (Å²) in [5.74, 6) is -0.641. The van der Waals surface area contributed by atoms with E-state index in [2.05, 4.69) is 15.9 Å². The highest BCUT2D eigenvalue weighted by Crippen LogP contribution is 2.36. The largest absolute Gasteiger partial charge is 0.270 e. The van der Waals surface area contributed by atoms with Crippen LogP contribution in [0.3, 0.4) is 0 Å². The summed E-state index contributed by atoms with van der Waals surface area (Å²) in [6.07, 6.45) is 1.78. The second-order valence-corrected chi connectivity index (χ2v) is 7.05. The van der Waals surface area contributed by atoms with E-state index >= 15 is 0 Å². The van der Waals surface area contributed by atoms with Crippen LogP contribution in [0.15, 0.2) is 57.9 Å². The van der Waals surface area contributed by atoms with Gasteiger partial charge in [0.2, 0.25) is 0 Å². The van der Waals surface area contributed by atoms with Gasteiger partial charge in [0, 0.05) is 4.47 Å². The lowest BCUT2D eigenvalue weighted by molar-refractivity contribution is -0.113. The van der Waals surface area contributed by atoms with Crippen LogP contribution in [0.25, 0.3) is 6.08 Å². The first kappa shape index (κ1) is 15.4. The lowest BCUT2D eigenvalue weighted by atomic mass is 10.2. The van der Waals surface area contributed by atoms with Gasteiger partial charge in [-0.2, -0.15) is 0 Å². The Bertz CT molecular complexity index is 806. The zero-order valence-corrected chi connectivity index (χ0v) is 14.3. The maximum atomic E-state index is 13.4. The van der Waals surface area contributed by atoms with Gasteiger partial charge in [-0.25, -0.2) is 4.39 Å². The molecule has 0 N–H and O–H groups in total. The molecule has 0 saturated carbocycles. The van der Waals surface area contributed by atoms with Crippen molar-refractivity contribution in [1.29, 1.82) is 0 Å². The number of amides is 1. The highest BCUT2D eigenvalue weighted by molar-refractivity contribution is 9.10. The molecule has 0 bridgehead atoms. The van der Waals surface area contributed by atoms with Crippen LogP contribution in [0.2, 0.25) is 0 Å². The maximum absolute atomic E-state index is 13.4. The molecule has 0 spiro atoms. The Morgan fingerprint density at radius 3 is 2.68 bits per heavy atom. The number of anilines is 1. The van der Waals surface area contributed by atoms with Crippen molar-refractivity contribution < 1.29 is 9.18 Å². The van der Waals surface area contributed by atoms with Gasteiger partial charge in [-0.15, -0.1) is 0 Å². The van der Waals surface area contributed by atoms with E-state index in [1.807, 2.05) is 24.3 Å². The first-order valence-corrected chi connectivity index (χ1v) is 8.36. The number of hydrogen-bond acceptors (Lipinski definition) is 3. The number of hydrogen-bond donors (Lipinski definition) is 0. The third kappa shape index (κ3) is 2.99. The molecule has 0 atom stereocenters. The van der Waals surface area contributed by atoms with Crippen molar-refractivity contribution in [2.24, 2.45) is 0 Å². The first-order valence-electron chi connectivity index (χ1n) is 6.34. The molecule has 0 aromatic heterocycles. The second-order valence-electron chi connectivity index (χ2n) is 4.52. The van der Waals surface area contributed by atoms with Crippen LogP contribution in [0.5, 0.6) is 0 Å². The molecule has 22 heavy (non-hydrogen) atoms. The van der Waals surface area contributed by atoms with Gasteiger partial charge in [-0.1, -0.05) is 64.2 Å². The summed E-state index contributed by atoms with van der Waals surface area (Å²) < 4.78 is 14.7. The van der Waals surface area contributed by atoms with Gasteiger partial charge in [0.25, 0.3) is 5.91 Å². The first-order chi connectivity index (χ1) is 10.6. The van der Waals surface area contributed by atoms with Crippen molar-refractivity contribution in [2.45, 2.75) is 0 Å². The van der Waals surface area contributed by atoms with E-state index in [0.717, 1.165) is 10.0 Å². The molecule has 1 aliphatic heterocycles. The van der Waals surface area contributed by atoms with Crippen LogP contribution in [-0.4, -0.2) is 10.2 Å². The highest BCUT2D eigenvalue weighted by atomic mass is 79.9. The molecule has 2 nitrogen and oxygen atoms in total. The van der Waals surface area contributed by atoms with Crippen LogP contribution in [-0.2, 0) is 4.79 Å². The third-order valence-corrected chi connectivity index (χ3v) is 5.08. The molecule has 2 aromatic carbocycles. The topological polar surface area (TPSA) is 20.3 Å². The van der Waals surface area contributed by atoms with E-state index < -0.39 is 5.82 Å². The minimum atomic E-state index is -0.402. The molecule has 0 radical (unpaired) electrons. The van der Waals surface area contributed by atoms with E-state index in [9.17, 15) is 9.18 Å². The number of carbonyl (C=O) groups is 1. The number of thioether (sulfide) groups is 1. The van der Waals surface area contributed by atoms with Gasteiger partial charge in [0.15, 0.2) is 4.32 Å². The molecular weight excluding hydrogens is 385 g/mol. The average molecular weight is 394 g/mol. The Labute approximate surface area is 145 Å². The SMILES string of the molecule is O=C1/C(=C/c2ccccc2Br)SC(=S)N1c1cccc(F)c1. The Balaban J connectivity index is 1.97. The maximum Gasteiger partial charge on any atom is 0.270 e. The van der Waals surface area contributed by atoms with E-state index in [1.165, 1.54) is 28.8 Å². The average Bonchev–Trinajstić information content (AvgIpc) is 2.76. The minimum Gasteiger partial charge on any atom is -0.268 e.